The Kier molecular flexibility index (Phi) is 3.56. The third-order valence-electron chi connectivity index (χ3n) is 3.30. The SMILES string of the molecule is CNC(c1ncc(C)cc1C)C1CCOC1. The summed E-state index contributed by atoms with van der Waals surface area (Å²) >= 11 is 0. The summed E-state index contributed by atoms with van der Waals surface area (Å²) in [5, 5.41) is 3.38. The number of nitrogens with one attached hydrogen (secondary N) is 1. The predicted octanol–water partition coefficient (Wildman–Crippen LogP) is 2.00. The summed E-state index contributed by atoms with van der Waals surface area (Å²) < 4.78 is 5.46. The topological polar surface area (TPSA) is 34.2 Å². The van der Waals surface area contributed by atoms with E-state index in [0.29, 0.717) is 12.0 Å². The van der Waals surface area contributed by atoms with Gasteiger partial charge in [0.1, 0.15) is 0 Å². The fourth-order valence-corrected chi connectivity index (χ4v) is 2.46. The molecular formula is C13H20N2O. The monoisotopic (exact) mass is 220 g/mol. The van der Waals surface area contributed by atoms with Crippen molar-refractivity contribution in [2.45, 2.75) is 26.3 Å². The Labute approximate surface area is 97.2 Å². The number of hydrogen-bond donors (Lipinski definition) is 1. The fourth-order valence-electron chi connectivity index (χ4n) is 2.46. The van der Waals surface area contributed by atoms with Gasteiger partial charge in [0.25, 0.3) is 0 Å². The van der Waals surface area contributed by atoms with Crippen LogP contribution in [0.1, 0.15) is 29.3 Å². The van der Waals surface area contributed by atoms with Crippen molar-refractivity contribution >= 4 is 0 Å². The molecule has 0 bridgehead atoms. The molecule has 2 heterocycles. The van der Waals surface area contributed by atoms with Gasteiger partial charge in [-0.25, -0.2) is 0 Å². The van der Waals surface area contributed by atoms with Crippen molar-refractivity contribution in [2.75, 3.05) is 20.3 Å². The van der Waals surface area contributed by atoms with Crippen LogP contribution in [-0.4, -0.2) is 25.2 Å². The lowest BCUT2D eigenvalue weighted by Crippen LogP contribution is -2.27. The van der Waals surface area contributed by atoms with Crippen LogP contribution < -0.4 is 5.32 Å². The molecule has 2 rings (SSSR count). The Balaban J connectivity index is 2.25. The lowest BCUT2D eigenvalue weighted by Gasteiger charge is -2.23. The zero-order chi connectivity index (χ0) is 11.5. The molecule has 1 aliphatic rings. The Morgan fingerprint density at radius 1 is 1.50 bits per heavy atom. The first-order chi connectivity index (χ1) is 7.72. The summed E-state index contributed by atoms with van der Waals surface area (Å²) in [6.07, 6.45) is 3.07. The van der Waals surface area contributed by atoms with E-state index in [1.165, 1.54) is 16.8 Å². The summed E-state index contributed by atoms with van der Waals surface area (Å²) in [6, 6.07) is 2.52. The summed E-state index contributed by atoms with van der Waals surface area (Å²) in [4.78, 5) is 4.58. The van der Waals surface area contributed by atoms with E-state index < -0.39 is 0 Å². The minimum absolute atomic E-state index is 0.322. The number of ether oxygens (including phenoxy) is 1. The van der Waals surface area contributed by atoms with E-state index in [-0.39, 0.29) is 0 Å². The van der Waals surface area contributed by atoms with E-state index in [1.807, 2.05) is 13.2 Å². The van der Waals surface area contributed by atoms with E-state index in [1.54, 1.807) is 0 Å². The minimum atomic E-state index is 0.322. The van der Waals surface area contributed by atoms with Crippen molar-refractivity contribution in [1.29, 1.82) is 0 Å². The van der Waals surface area contributed by atoms with Crippen molar-refractivity contribution in [3.63, 3.8) is 0 Å². The summed E-state index contributed by atoms with van der Waals surface area (Å²) in [7, 11) is 2.00. The molecule has 0 spiro atoms. The lowest BCUT2D eigenvalue weighted by molar-refractivity contribution is 0.177. The molecule has 2 atom stereocenters. The van der Waals surface area contributed by atoms with Crippen LogP contribution in [0.3, 0.4) is 0 Å². The fraction of sp³-hybridized carbons (Fsp3) is 0.615. The van der Waals surface area contributed by atoms with Gasteiger partial charge in [0, 0.05) is 18.7 Å². The largest absolute Gasteiger partial charge is 0.381 e. The molecule has 1 aromatic rings. The zero-order valence-electron chi connectivity index (χ0n) is 10.3. The number of rotatable bonds is 3. The van der Waals surface area contributed by atoms with Crippen LogP contribution in [0.2, 0.25) is 0 Å². The molecule has 2 unspecified atom stereocenters. The highest BCUT2D eigenvalue weighted by Crippen LogP contribution is 2.29. The Morgan fingerprint density at radius 3 is 2.88 bits per heavy atom. The molecule has 0 amide bonds. The van der Waals surface area contributed by atoms with Gasteiger partial charge in [-0.2, -0.15) is 0 Å². The van der Waals surface area contributed by atoms with Crippen molar-refractivity contribution < 1.29 is 4.74 Å². The second-order valence-electron chi connectivity index (χ2n) is 4.60. The first-order valence-corrected chi connectivity index (χ1v) is 5.90. The number of hydrogen-bond acceptors (Lipinski definition) is 3. The molecule has 1 aromatic heterocycles. The van der Waals surface area contributed by atoms with Gasteiger partial charge in [0.15, 0.2) is 0 Å². The van der Waals surface area contributed by atoms with Crippen molar-refractivity contribution in [2.24, 2.45) is 5.92 Å². The first-order valence-electron chi connectivity index (χ1n) is 5.90. The van der Waals surface area contributed by atoms with E-state index in [9.17, 15) is 0 Å². The normalized spacial score (nSPS) is 22.3. The van der Waals surface area contributed by atoms with Gasteiger partial charge in [-0.3, -0.25) is 4.98 Å². The Morgan fingerprint density at radius 2 is 2.31 bits per heavy atom. The molecule has 1 saturated heterocycles. The molecule has 3 heteroatoms. The number of aryl methyl sites for hydroxylation is 2. The molecule has 1 fully saturated rings. The molecule has 0 aromatic carbocycles. The van der Waals surface area contributed by atoms with Crippen LogP contribution in [0.25, 0.3) is 0 Å². The second kappa shape index (κ2) is 4.93. The molecule has 1 N–H and O–H groups in total. The highest BCUT2D eigenvalue weighted by molar-refractivity contribution is 5.26. The molecule has 88 valence electrons. The van der Waals surface area contributed by atoms with Crippen LogP contribution in [0, 0.1) is 19.8 Å². The molecule has 16 heavy (non-hydrogen) atoms. The van der Waals surface area contributed by atoms with Crippen molar-refractivity contribution in [3.8, 4) is 0 Å². The quantitative estimate of drug-likeness (QED) is 0.846. The highest BCUT2D eigenvalue weighted by atomic mass is 16.5. The van der Waals surface area contributed by atoms with Gasteiger partial charge in [-0.15, -0.1) is 0 Å². The minimum Gasteiger partial charge on any atom is -0.381 e. The van der Waals surface area contributed by atoms with Gasteiger partial charge in [0.05, 0.1) is 18.3 Å². The Bertz CT molecular complexity index is 359. The maximum atomic E-state index is 5.46. The van der Waals surface area contributed by atoms with E-state index in [4.69, 9.17) is 4.74 Å². The molecule has 0 aliphatic carbocycles. The van der Waals surface area contributed by atoms with Crippen LogP contribution in [0.4, 0.5) is 0 Å². The van der Waals surface area contributed by atoms with Crippen molar-refractivity contribution in [3.05, 3.63) is 29.1 Å². The first kappa shape index (κ1) is 11.6. The molecule has 0 saturated carbocycles. The third-order valence-corrected chi connectivity index (χ3v) is 3.30. The number of aromatic nitrogens is 1. The number of nitrogens with zero attached hydrogens (tertiary/aromatic N) is 1. The van der Waals surface area contributed by atoms with Crippen LogP contribution in [0.15, 0.2) is 12.3 Å². The highest BCUT2D eigenvalue weighted by Gasteiger charge is 2.27. The zero-order valence-corrected chi connectivity index (χ0v) is 10.3. The molecule has 0 radical (unpaired) electrons. The molecule has 3 nitrogen and oxygen atoms in total. The average Bonchev–Trinajstić information content (AvgIpc) is 2.75. The second-order valence-corrected chi connectivity index (χ2v) is 4.60. The smallest absolute Gasteiger partial charge is 0.0606 e. The Hall–Kier alpha value is -0.930. The maximum Gasteiger partial charge on any atom is 0.0606 e. The third kappa shape index (κ3) is 2.25. The molecule has 1 aliphatic heterocycles. The van der Waals surface area contributed by atoms with Gasteiger partial charge >= 0.3 is 0 Å². The summed E-state index contributed by atoms with van der Waals surface area (Å²) in [5.74, 6) is 0.555. The van der Waals surface area contributed by atoms with E-state index in [2.05, 4.69) is 30.2 Å². The van der Waals surface area contributed by atoms with Crippen LogP contribution >= 0.6 is 0 Å². The lowest BCUT2D eigenvalue weighted by atomic mass is 9.93. The van der Waals surface area contributed by atoms with Gasteiger partial charge < -0.3 is 10.1 Å². The summed E-state index contributed by atoms with van der Waals surface area (Å²) in [5.41, 5.74) is 3.66. The standard InChI is InChI=1S/C13H20N2O/c1-9-6-10(2)12(15-7-9)13(14-3)11-4-5-16-8-11/h6-7,11,13-14H,4-5,8H2,1-3H3. The van der Waals surface area contributed by atoms with E-state index in [0.717, 1.165) is 19.6 Å². The van der Waals surface area contributed by atoms with Gasteiger partial charge in [-0.05, 0) is 38.4 Å². The maximum absolute atomic E-state index is 5.46. The predicted molar refractivity (Wildman–Crippen MR) is 64.4 cm³/mol. The van der Waals surface area contributed by atoms with Crippen molar-refractivity contribution in [1.82, 2.24) is 10.3 Å². The van der Waals surface area contributed by atoms with Crippen LogP contribution in [0.5, 0.6) is 0 Å². The van der Waals surface area contributed by atoms with Gasteiger partial charge in [0.2, 0.25) is 0 Å². The summed E-state index contributed by atoms with van der Waals surface area (Å²) in [6.45, 7) is 5.95. The van der Waals surface area contributed by atoms with E-state index >= 15 is 0 Å². The number of pyridine rings is 1. The average molecular weight is 220 g/mol. The van der Waals surface area contributed by atoms with Crippen LogP contribution in [-0.2, 0) is 4.74 Å². The van der Waals surface area contributed by atoms with Gasteiger partial charge in [-0.1, -0.05) is 6.07 Å². The molecular weight excluding hydrogens is 200 g/mol.